The van der Waals surface area contributed by atoms with Crippen molar-refractivity contribution in [2.45, 2.75) is 26.2 Å². The monoisotopic (exact) mass is 212 g/mol. The average Bonchev–Trinajstić information content (AvgIpc) is 2.50. The largest absolute Gasteiger partial charge is 0.391 e. The van der Waals surface area contributed by atoms with E-state index in [1.807, 2.05) is 0 Å². The molecule has 2 rings (SSSR count). The molecule has 4 nitrogen and oxygen atoms in total. The van der Waals surface area contributed by atoms with Crippen LogP contribution in [0.25, 0.3) is 0 Å². The van der Waals surface area contributed by atoms with Gasteiger partial charge in [-0.3, -0.25) is 4.79 Å². The van der Waals surface area contributed by atoms with Gasteiger partial charge in [0.05, 0.1) is 5.69 Å². The van der Waals surface area contributed by atoms with E-state index in [9.17, 15) is 4.79 Å². The van der Waals surface area contributed by atoms with Crippen LogP contribution in [0.15, 0.2) is 0 Å². The lowest BCUT2D eigenvalue weighted by Crippen LogP contribution is -2.07. The fourth-order valence-corrected chi connectivity index (χ4v) is 1.82. The zero-order valence-electron chi connectivity index (χ0n) is 7.71. The Labute approximate surface area is 86.3 Å². The van der Waals surface area contributed by atoms with Crippen LogP contribution in [-0.4, -0.2) is 15.9 Å². The molecule has 1 aromatic rings. The van der Waals surface area contributed by atoms with Crippen LogP contribution in [0.5, 0.6) is 6.01 Å². The predicted molar refractivity (Wildman–Crippen MR) is 50.4 cm³/mol. The molecule has 0 aromatic carbocycles. The van der Waals surface area contributed by atoms with Crippen LogP contribution < -0.4 is 4.74 Å². The molecular weight excluding hydrogens is 204 g/mol. The second-order valence-electron chi connectivity index (χ2n) is 3.17. The molecule has 0 fully saturated rings. The summed E-state index contributed by atoms with van der Waals surface area (Å²) in [5.74, 6) is -0.431. The van der Waals surface area contributed by atoms with Gasteiger partial charge in [-0.1, -0.05) is 11.6 Å². The number of aryl methyl sites for hydroxylation is 1. The molecule has 0 spiro atoms. The molecule has 0 aliphatic heterocycles. The van der Waals surface area contributed by atoms with Crippen LogP contribution in [0.2, 0.25) is 5.15 Å². The van der Waals surface area contributed by atoms with Gasteiger partial charge in [-0.2, -0.15) is 9.97 Å². The summed E-state index contributed by atoms with van der Waals surface area (Å²) < 4.78 is 4.77. The van der Waals surface area contributed by atoms with Crippen molar-refractivity contribution in [3.63, 3.8) is 0 Å². The number of ether oxygens (including phenoxy) is 1. The molecule has 0 saturated carbocycles. The van der Waals surface area contributed by atoms with Crippen molar-refractivity contribution in [1.29, 1.82) is 0 Å². The molecule has 1 aliphatic carbocycles. The van der Waals surface area contributed by atoms with Gasteiger partial charge in [0, 0.05) is 12.5 Å². The maximum atomic E-state index is 10.7. The lowest BCUT2D eigenvalue weighted by atomic mass is 10.3. The molecule has 0 radical (unpaired) electrons. The predicted octanol–water partition coefficient (Wildman–Crippen LogP) is 1.54. The third-order valence-corrected chi connectivity index (χ3v) is 2.41. The third-order valence-electron chi connectivity index (χ3n) is 2.10. The second kappa shape index (κ2) is 3.53. The van der Waals surface area contributed by atoms with Gasteiger partial charge in [-0.15, -0.1) is 0 Å². The Kier molecular flexibility index (Phi) is 2.37. The minimum atomic E-state index is -0.431. The Morgan fingerprint density at radius 3 is 2.93 bits per heavy atom. The number of halogens is 1. The van der Waals surface area contributed by atoms with E-state index in [4.69, 9.17) is 16.3 Å². The minimum absolute atomic E-state index is 0.0585. The van der Waals surface area contributed by atoms with Crippen molar-refractivity contribution in [3.8, 4) is 6.01 Å². The highest BCUT2D eigenvalue weighted by Gasteiger charge is 2.19. The fraction of sp³-hybridized carbons (Fsp3) is 0.444. The standard InChI is InChI=1S/C9H9ClN2O2/c1-5(13)14-9-11-7-4-2-3-6(7)8(10)12-9/h2-4H2,1H3. The van der Waals surface area contributed by atoms with Gasteiger partial charge >= 0.3 is 12.0 Å². The van der Waals surface area contributed by atoms with E-state index in [0.29, 0.717) is 5.15 Å². The van der Waals surface area contributed by atoms with Gasteiger partial charge in [0.1, 0.15) is 5.15 Å². The second-order valence-corrected chi connectivity index (χ2v) is 3.53. The van der Waals surface area contributed by atoms with Crippen molar-refractivity contribution in [1.82, 2.24) is 9.97 Å². The number of carbonyl (C=O) groups is 1. The van der Waals surface area contributed by atoms with Gasteiger partial charge in [-0.05, 0) is 19.3 Å². The number of hydrogen-bond acceptors (Lipinski definition) is 4. The van der Waals surface area contributed by atoms with E-state index in [-0.39, 0.29) is 6.01 Å². The van der Waals surface area contributed by atoms with Gasteiger partial charge in [0.25, 0.3) is 0 Å². The lowest BCUT2D eigenvalue weighted by Gasteiger charge is -2.03. The molecule has 0 amide bonds. The first-order valence-electron chi connectivity index (χ1n) is 4.40. The van der Waals surface area contributed by atoms with Crippen LogP contribution in [0, 0.1) is 0 Å². The van der Waals surface area contributed by atoms with E-state index < -0.39 is 5.97 Å². The summed E-state index contributed by atoms with van der Waals surface area (Å²) in [7, 11) is 0. The van der Waals surface area contributed by atoms with Crippen molar-refractivity contribution in [3.05, 3.63) is 16.4 Å². The summed E-state index contributed by atoms with van der Waals surface area (Å²) in [6.07, 6.45) is 2.83. The molecule has 0 N–H and O–H groups in total. The fourth-order valence-electron chi connectivity index (χ4n) is 1.54. The summed E-state index contributed by atoms with van der Waals surface area (Å²) in [5, 5.41) is 0.406. The van der Waals surface area contributed by atoms with Crippen molar-refractivity contribution in [2.24, 2.45) is 0 Å². The van der Waals surface area contributed by atoms with Crippen molar-refractivity contribution >= 4 is 17.6 Å². The first-order chi connectivity index (χ1) is 6.66. The number of nitrogens with zero attached hydrogens (tertiary/aromatic N) is 2. The van der Waals surface area contributed by atoms with Crippen LogP contribution in [0.1, 0.15) is 24.6 Å². The van der Waals surface area contributed by atoms with Crippen molar-refractivity contribution in [2.75, 3.05) is 0 Å². The topological polar surface area (TPSA) is 52.1 Å². The van der Waals surface area contributed by atoms with E-state index in [1.54, 1.807) is 0 Å². The molecule has 1 aromatic heterocycles. The number of esters is 1. The van der Waals surface area contributed by atoms with Gasteiger partial charge < -0.3 is 4.74 Å². The lowest BCUT2D eigenvalue weighted by molar-refractivity contribution is -0.132. The molecule has 0 bridgehead atoms. The van der Waals surface area contributed by atoms with Crippen molar-refractivity contribution < 1.29 is 9.53 Å². The summed E-state index contributed by atoms with van der Waals surface area (Å²) in [4.78, 5) is 18.7. The van der Waals surface area contributed by atoms with E-state index in [1.165, 1.54) is 6.92 Å². The van der Waals surface area contributed by atoms with E-state index in [0.717, 1.165) is 30.5 Å². The summed E-state index contributed by atoms with van der Waals surface area (Å²) in [5.41, 5.74) is 1.89. The molecule has 0 atom stereocenters. The molecule has 14 heavy (non-hydrogen) atoms. The minimum Gasteiger partial charge on any atom is -0.391 e. The summed E-state index contributed by atoms with van der Waals surface area (Å²) in [6, 6.07) is 0.0585. The Balaban J connectivity index is 2.36. The molecule has 5 heteroatoms. The normalized spacial score (nSPS) is 13.9. The first-order valence-corrected chi connectivity index (χ1v) is 4.78. The molecule has 0 saturated heterocycles. The highest BCUT2D eigenvalue weighted by atomic mass is 35.5. The maximum absolute atomic E-state index is 10.7. The Morgan fingerprint density at radius 2 is 2.21 bits per heavy atom. The van der Waals surface area contributed by atoms with Crippen LogP contribution in [0.3, 0.4) is 0 Å². The first kappa shape index (κ1) is 9.40. The highest BCUT2D eigenvalue weighted by molar-refractivity contribution is 6.30. The number of aromatic nitrogens is 2. The Hall–Kier alpha value is -1.16. The Bertz CT molecular complexity index is 393. The quantitative estimate of drug-likeness (QED) is 0.524. The molecule has 1 heterocycles. The number of rotatable bonds is 1. The summed E-state index contributed by atoms with van der Waals surface area (Å²) >= 11 is 5.92. The zero-order valence-corrected chi connectivity index (χ0v) is 8.47. The van der Waals surface area contributed by atoms with Gasteiger partial charge in [0.15, 0.2) is 0 Å². The molecule has 1 aliphatic rings. The maximum Gasteiger partial charge on any atom is 0.325 e. The Morgan fingerprint density at radius 1 is 1.43 bits per heavy atom. The van der Waals surface area contributed by atoms with E-state index in [2.05, 4.69) is 9.97 Å². The highest BCUT2D eigenvalue weighted by Crippen LogP contribution is 2.27. The third kappa shape index (κ3) is 1.70. The molecule has 74 valence electrons. The van der Waals surface area contributed by atoms with E-state index >= 15 is 0 Å². The number of fused-ring (bicyclic) bond motifs is 1. The zero-order chi connectivity index (χ0) is 10.1. The SMILES string of the molecule is CC(=O)Oc1nc(Cl)c2c(n1)CCC2. The molecular formula is C9H9ClN2O2. The van der Waals surface area contributed by atoms with Crippen LogP contribution >= 0.6 is 11.6 Å². The number of carbonyl (C=O) groups excluding carboxylic acids is 1. The average molecular weight is 213 g/mol. The molecule has 0 unspecified atom stereocenters. The van der Waals surface area contributed by atoms with Gasteiger partial charge in [0.2, 0.25) is 0 Å². The smallest absolute Gasteiger partial charge is 0.325 e. The van der Waals surface area contributed by atoms with Crippen LogP contribution in [-0.2, 0) is 17.6 Å². The van der Waals surface area contributed by atoms with Gasteiger partial charge in [-0.25, -0.2) is 0 Å². The van der Waals surface area contributed by atoms with Crippen LogP contribution in [0.4, 0.5) is 0 Å². The number of hydrogen-bond donors (Lipinski definition) is 0. The summed E-state index contributed by atoms with van der Waals surface area (Å²) in [6.45, 7) is 1.31.